The summed E-state index contributed by atoms with van der Waals surface area (Å²) in [6.07, 6.45) is -11.1. The number of nitrogens with one attached hydrogen (secondary N) is 4. The van der Waals surface area contributed by atoms with Crippen molar-refractivity contribution < 1.29 is 86.1 Å². The number of pyridine rings is 8. The second-order valence-corrected chi connectivity index (χ2v) is 26.6. The average molecular weight is 1710 g/mol. The molecule has 0 aliphatic carbocycles. The molecule has 4 aromatic carbocycles. The molecule has 0 aliphatic rings. The molecule has 0 saturated heterocycles. The quantitative estimate of drug-likeness (QED) is 0.0583. The molecule has 4 amide bonds. The summed E-state index contributed by atoms with van der Waals surface area (Å²) < 4.78 is 169. The maximum atomic E-state index is 12.8. The fourth-order valence-electron chi connectivity index (χ4n) is 10.9. The molecule has 8 heterocycles. The van der Waals surface area contributed by atoms with E-state index < -0.39 is 71.1 Å². The largest absolute Gasteiger partial charge is 0.495 e. The number of anilines is 4. The van der Waals surface area contributed by atoms with Crippen LogP contribution in [0.1, 0.15) is 113 Å². The first kappa shape index (κ1) is 89.6. The van der Waals surface area contributed by atoms with Crippen LogP contribution in [0.25, 0.3) is 45.0 Å². The molecule has 118 heavy (non-hydrogen) atoms. The van der Waals surface area contributed by atoms with Crippen molar-refractivity contribution in [2.45, 2.75) is 79.6 Å². The van der Waals surface area contributed by atoms with Gasteiger partial charge in [0.1, 0.15) is 40.0 Å². The third-order valence-electron chi connectivity index (χ3n) is 16.8. The standard InChI is InChI=1S/2C21H17ClF3N3O2.C21H17ClF3N3O.C20H15ClF3N3O2/c2*1-3-30-14-5-8-18(26-11-14)16-10-13(4-7-17(16)22)28-20(29)15-6-9-19(21(23,24)25)27-12(15)2;1-3-13-8-9-26-18(10-13)16-11-14(4-6-17(16)22)28-20(29)15-5-7-19(21(23,24)25)27-12(15)2;1-11-14(5-8-18(26-11)20(22,23)24)19(28)27-12-3-6-16(21)15(9-12)17-7-4-13(29-2)10-25-17/h2*4-11H,3H2,1-2H3,(H,28,29);4-11H,3H2,1-2H3,(H,28,29);3-10H,1-2H3,(H,27,28). The number of aromatic nitrogens is 8. The molecule has 4 N–H and O–H groups in total. The van der Waals surface area contributed by atoms with Crippen LogP contribution < -0.4 is 35.5 Å². The summed E-state index contributed by atoms with van der Waals surface area (Å²) in [6, 6.07) is 41.1. The van der Waals surface area contributed by atoms with Gasteiger partial charge in [0.25, 0.3) is 23.6 Å². The number of hydrogen-bond acceptors (Lipinski definition) is 15. The number of amides is 4. The molecule has 0 fully saturated rings. The van der Waals surface area contributed by atoms with Gasteiger partial charge in [-0.25, -0.2) is 19.9 Å². The van der Waals surface area contributed by atoms with Crippen LogP contribution in [0.2, 0.25) is 20.1 Å². The highest BCUT2D eigenvalue weighted by Gasteiger charge is 2.36. The van der Waals surface area contributed by atoms with Gasteiger partial charge in [0.15, 0.2) is 0 Å². The summed E-state index contributed by atoms with van der Waals surface area (Å²) in [4.78, 5) is 81.3. The maximum absolute atomic E-state index is 12.8. The van der Waals surface area contributed by atoms with E-state index >= 15 is 0 Å². The van der Waals surface area contributed by atoms with Gasteiger partial charge >= 0.3 is 24.7 Å². The Bertz CT molecular complexity index is 5460. The number of halogens is 16. The smallest absolute Gasteiger partial charge is 0.433 e. The zero-order chi connectivity index (χ0) is 86.1. The number of carbonyl (C=O) groups is 4. The summed E-state index contributed by atoms with van der Waals surface area (Å²) in [5.74, 6) is -0.492. The fraction of sp³-hybridized carbons (Fsp3) is 0.181. The number of aryl methyl sites for hydroxylation is 5. The molecule has 0 spiro atoms. The van der Waals surface area contributed by atoms with Gasteiger partial charge in [0.2, 0.25) is 0 Å². The van der Waals surface area contributed by atoms with Crippen LogP contribution >= 0.6 is 46.4 Å². The van der Waals surface area contributed by atoms with E-state index in [-0.39, 0.29) is 45.0 Å². The molecular formula is C83H66Cl4F12N12O7. The third kappa shape index (κ3) is 23.9. The van der Waals surface area contributed by atoms with Crippen LogP contribution in [-0.2, 0) is 31.1 Å². The van der Waals surface area contributed by atoms with E-state index in [1.165, 1.54) is 41.0 Å². The van der Waals surface area contributed by atoms with Crippen LogP contribution in [0.5, 0.6) is 17.2 Å². The summed E-state index contributed by atoms with van der Waals surface area (Å²) in [7, 11) is 1.53. The van der Waals surface area contributed by atoms with Crippen molar-refractivity contribution in [2.75, 3.05) is 41.6 Å². The van der Waals surface area contributed by atoms with Crippen molar-refractivity contribution in [1.82, 2.24) is 39.9 Å². The SMILES string of the molecule is CCOc1ccc(-c2cc(NC(=O)c3ccc(C(F)(F)F)nc3C)ccc2Cl)nc1.CCOc1ccc(-c2cc(NC(=O)c3ccc(C(F)(F)F)nc3C)ccc2Cl)nc1.CCc1ccnc(-c2cc(NC(=O)c3ccc(C(F)(F)F)nc3C)ccc2Cl)c1.COc1ccc(-c2cc(NC(=O)c3ccc(C(F)(F)F)nc3C)ccc2Cl)nc1. The monoisotopic (exact) mass is 1710 g/mol. The number of benzene rings is 4. The predicted molar refractivity (Wildman–Crippen MR) is 425 cm³/mol. The van der Waals surface area contributed by atoms with Gasteiger partial charge < -0.3 is 35.5 Å². The number of ether oxygens (including phenoxy) is 3. The van der Waals surface area contributed by atoms with Crippen LogP contribution in [0.3, 0.4) is 0 Å². The Hall–Kier alpha value is -12.3. The number of carbonyl (C=O) groups excluding carboxylic acids is 4. The molecule has 19 nitrogen and oxygen atoms in total. The summed E-state index contributed by atoms with van der Waals surface area (Å²) in [5.41, 5.74) is 3.44. The first-order chi connectivity index (χ1) is 55.7. The lowest BCUT2D eigenvalue weighted by Crippen LogP contribution is -2.16. The van der Waals surface area contributed by atoms with Crippen LogP contribution in [0.4, 0.5) is 75.4 Å². The lowest BCUT2D eigenvalue weighted by Gasteiger charge is -2.12. The van der Waals surface area contributed by atoms with Crippen LogP contribution in [-0.4, -0.2) is 83.8 Å². The molecule has 8 aromatic heterocycles. The van der Waals surface area contributed by atoms with Gasteiger partial charge in [-0.15, -0.1) is 0 Å². The first-order valence-corrected chi connectivity index (χ1v) is 36.5. The Kier molecular flexibility index (Phi) is 29.7. The molecule has 0 radical (unpaired) electrons. The van der Waals surface area contributed by atoms with Crippen molar-refractivity contribution in [2.24, 2.45) is 0 Å². The number of hydrogen-bond donors (Lipinski definition) is 4. The minimum absolute atomic E-state index is 0.0103. The number of methoxy groups -OCH3 is 1. The predicted octanol–water partition coefficient (Wildman–Crippen LogP) is 22.9. The Morgan fingerprint density at radius 1 is 0.339 bits per heavy atom. The fourth-order valence-corrected chi connectivity index (χ4v) is 11.8. The Morgan fingerprint density at radius 2 is 0.610 bits per heavy atom. The van der Waals surface area contributed by atoms with E-state index in [9.17, 15) is 71.9 Å². The molecule has 0 bridgehead atoms. The van der Waals surface area contributed by atoms with Gasteiger partial charge in [0, 0.05) is 51.2 Å². The summed E-state index contributed by atoms with van der Waals surface area (Å²) in [5, 5.41) is 12.4. The molecule has 0 atom stereocenters. The van der Waals surface area contributed by atoms with E-state index in [2.05, 4.69) is 61.1 Å². The molecule has 12 aromatic rings. The normalized spacial score (nSPS) is 11.3. The molecular weight excluding hydrogens is 1650 g/mol. The Balaban J connectivity index is 0.000000179. The van der Waals surface area contributed by atoms with Crippen LogP contribution in [0, 0.1) is 27.7 Å². The molecule has 612 valence electrons. The number of alkyl halides is 12. The van der Waals surface area contributed by atoms with Crippen molar-refractivity contribution in [3.63, 3.8) is 0 Å². The van der Waals surface area contributed by atoms with Gasteiger partial charge in [-0.1, -0.05) is 53.3 Å². The topological polar surface area (TPSA) is 247 Å². The third-order valence-corrected chi connectivity index (χ3v) is 18.1. The Morgan fingerprint density at radius 3 is 0.839 bits per heavy atom. The average Bonchev–Trinajstić information content (AvgIpc) is 0.820. The molecule has 0 saturated carbocycles. The minimum atomic E-state index is -4.57. The number of rotatable bonds is 18. The second-order valence-electron chi connectivity index (χ2n) is 25.0. The second kappa shape index (κ2) is 39.1. The number of nitrogens with zero attached hydrogens (tertiary/aromatic N) is 8. The molecule has 12 rings (SSSR count). The molecule has 0 unspecified atom stereocenters. The highest BCUT2D eigenvalue weighted by atomic mass is 35.5. The van der Waals surface area contributed by atoms with E-state index in [4.69, 9.17) is 60.6 Å². The van der Waals surface area contributed by atoms with E-state index in [0.717, 1.165) is 60.5 Å². The first-order valence-electron chi connectivity index (χ1n) is 35.0. The zero-order valence-corrected chi connectivity index (χ0v) is 66.1. The minimum Gasteiger partial charge on any atom is -0.495 e. The van der Waals surface area contributed by atoms with E-state index in [0.29, 0.717) is 118 Å². The van der Waals surface area contributed by atoms with Gasteiger partial charge in [-0.05, 0) is 223 Å². The molecule has 0 aliphatic heterocycles. The highest BCUT2D eigenvalue weighted by molar-refractivity contribution is 6.35. The van der Waals surface area contributed by atoms with Gasteiger partial charge in [-0.2, -0.15) is 52.7 Å². The Labute approximate surface area is 686 Å². The molecule has 35 heteroatoms. The van der Waals surface area contributed by atoms with Crippen molar-refractivity contribution in [3.05, 3.63) is 288 Å². The van der Waals surface area contributed by atoms with Crippen LogP contribution in [0.15, 0.2) is 195 Å². The highest BCUT2D eigenvalue weighted by Crippen LogP contribution is 2.38. The summed E-state index contributed by atoms with van der Waals surface area (Å²) in [6.45, 7) is 12.2. The van der Waals surface area contributed by atoms with Crippen molar-refractivity contribution in [1.29, 1.82) is 0 Å². The zero-order valence-electron chi connectivity index (χ0n) is 63.1. The van der Waals surface area contributed by atoms with Gasteiger partial charge in [-0.3, -0.25) is 39.1 Å². The maximum Gasteiger partial charge on any atom is 0.433 e. The van der Waals surface area contributed by atoms with Crippen molar-refractivity contribution in [3.8, 4) is 62.3 Å². The lowest BCUT2D eigenvalue weighted by atomic mass is 10.1. The van der Waals surface area contributed by atoms with Crippen molar-refractivity contribution >= 4 is 92.8 Å². The van der Waals surface area contributed by atoms with Gasteiger partial charge in [0.05, 0.1) is 127 Å². The van der Waals surface area contributed by atoms with E-state index in [1.54, 1.807) is 128 Å². The van der Waals surface area contributed by atoms with E-state index in [1.807, 2.05) is 32.9 Å². The lowest BCUT2D eigenvalue weighted by molar-refractivity contribution is -0.142. The summed E-state index contributed by atoms with van der Waals surface area (Å²) >= 11 is 25.1.